The zero-order chi connectivity index (χ0) is 10.4. The molecule has 0 spiro atoms. The quantitative estimate of drug-likeness (QED) is 0.670. The molecule has 74 valence electrons. The predicted molar refractivity (Wildman–Crippen MR) is 61.2 cm³/mol. The van der Waals surface area contributed by atoms with E-state index in [0.29, 0.717) is 0 Å². The molecule has 14 heavy (non-hydrogen) atoms. The average molecular weight is 189 g/mol. The average Bonchev–Trinajstić information content (AvgIpc) is 2.21. The van der Waals surface area contributed by atoms with E-state index in [-0.39, 0.29) is 0 Å². The number of aliphatic imine (C=N–C) groups is 1. The van der Waals surface area contributed by atoms with E-state index >= 15 is 0 Å². The molecule has 0 atom stereocenters. The van der Waals surface area contributed by atoms with E-state index in [9.17, 15) is 0 Å². The first-order valence-corrected chi connectivity index (χ1v) is 4.52. The Morgan fingerprint density at radius 3 is 2.79 bits per heavy atom. The Bertz CT molecular complexity index is 353. The molecule has 0 fully saturated rings. The third-order valence-electron chi connectivity index (χ3n) is 2.06. The zero-order valence-corrected chi connectivity index (χ0v) is 8.82. The second-order valence-corrected chi connectivity index (χ2v) is 2.94. The number of rotatable bonds is 3. The van der Waals surface area contributed by atoms with Gasteiger partial charge in [-0.3, -0.25) is 4.99 Å². The highest BCUT2D eigenvalue weighted by molar-refractivity contribution is 5.78. The third kappa shape index (κ3) is 2.46. The lowest BCUT2D eigenvalue weighted by molar-refractivity contribution is 0.411. The van der Waals surface area contributed by atoms with Gasteiger partial charge in [-0.05, 0) is 30.2 Å². The number of methoxy groups -OCH3 is 1. The molecule has 0 aromatic heterocycles. The van der Waals surface area contributed by atoms with Crippen molar-refractivity contribution in [3.05, 3.63) is 35.4 Å². The Hall–Kier alpha value is -1.57. The number of hydrogen-bond donors (Lipinski definition) is 0. The van der Waals surface area contributed by atoms with Crippen LogP contribution in [0, 0.1) is 6.92 Å². The van der Waals surface area contributed by atoms with Crippen LogP contribution in [-0.2, 0) is 0 Å². The van der Waals surface area contributed by atoms with Gasteiger partial charge in [-0.25, -0.2) is 0 Å². The highest BCUT2D eigenvalue weighted by Crippen LogP contribution is 2.21. The van der Waals surface area contributed by atoms with E-state index in [0.717, 1.165) is 16.9 Å². The summed E-state index contributed by atoms with van der Waals surface area (Å²) in [5, 5.41) is 0. The monoisotopic (exact) mass is 189 g/mol. The van der Waals surface area contributed by atoms with Gasteiger partial charge in [0.15, 0.2) is 0 Å². The molecular formula is C12H15NO. The van der Waals surface area contributed by atoms with Crippen molar-refractivity contribution < 1.29 is 4.74 Å². The van der Waals surface area contributed by atoms with Crippen LogP contribution >= 0.6 is 0 Å². The van der Waals surface area contributed by atoms with Crippen molar-refractivity contribution in [3.8, 4) is 5.75 Å². The van der Waals surface area contributed by atoms with Gasteiger partial charge in [-0.15, -0.1) is 0 Å². The highest BCUT2D eigenvalue weighted by Gasteiger charge is 1.99. The first-order chi connectivity index (χ1) is 6.79. The van der Waals surface area contributed by atoms with E-state index in [1.54, 1.807) is 20.4 Å². The fraction of sp³-hybridized carbons (Fsp3) is 0.250. The van der Waals surface area contributed by atoms with Crippen LogP contribution in [-0.4, -0.2) is 20.4 Å². The summed E-state index contributed by atoms with van der Waals surface area (Å²) in [7, 11) is 3.44. The fourth-order valence-electron chi connectivity index (χ4n) is 1.27. The van der Waals surface area contributed by atoms with Gasteiger partial charge in [0.2, 0.25) is 0 Å². The van der Waals surface area contributed by atoms with Crippen LogP contribution in [0.4, 0.5) is 0 Å². The summed E-state index contributed by atoms with van der Waals surface area (Å²) in [4.78, 5) is 3.88. The Labute approximate surface area is 84.9 Å². The van der Waals surface area contributed by atoms with Gasteiger partial charge in [-0.1, -0.05) is 18.2 Å². The topological polar surface area (TPSA) is 21.6 Å². The largest absolute Gasteiger partial charge is 0.496 e. The number of hydrogen-bond acceptors (Lipinski definition) is 2. The number of ether oxygens (including phenoxy) is 1. The number of nitrogens with zero attached hydrogens (tertiary/aromatic N) is 1. The second kappa shape index (κ2) is 5.22. The summed E-state index contributed by atoms with van der Waals surface area (Å²) < 4.78 is 5.22. The zero-order valence-electron chi connectivity index (χ0n) is 8.82. The third-order valence-corrected chi connectivity index (χ3v) is 2.06. The molecule has 0 amide bonds. The Kier molecular flexibility index (Phi) is 3.92. The van der Waals surface area contributed by atoms with Crippen molar-refractivity contribution in [3.63, 3.8) is 0 Å². The fourth-order valence-corrected chi connectivity index (χ4v) is 1.27. The maximum atomic E-state index is 5.22. The number of benzene rings is 1. The van der Waals surface area contributed by atoms with Crippen LogP contribution in [0.15, 0.2) is 29.3 Å². The summed E-state index contributed by atoms with van der Waals surface area (Å²) in [6, 6.07) is 5.99. The molecule has 2 heteroatoms. The molecule has 0 saturated heterocycles. The molecule has 0 heterocycles. The van der Waals surface area contributed by atoms with Crippen molar-refractivity contribution in [2.75, 3.05) is 14.2 Å². The van der Waals surface area contributed by atoms with E-state index in [4.69, 9.17) is 4.74 Å². The van der Waals surface area contributed by atoms with Gasteiger partial charge in [0.05, 0.1) is 7.11 Å². The Balaban J connectivity index is 2.97. The summed E-state index contributed by atoms with van der Waals surface area (Å²) in [5.41, 5.74) is 2.31. The summed E-state index contributed by atoms with van der Waals surface area (Å²) in [5.74, 6) is 0.917. The maximum absolute atomic E-state index is 5.22. The predicted octanol–water partition coefficient (Wildman–Crippen LogP) is 2.72. The summed E-state index contributed by atoms with van der Waals surface area (Å²) in [6.45, 7) is 2.04. The van der Waals surface area contributed by atoms with Gasteiger partial charge in [0, 0.05) is 13.3 Å². The smallest absolute Gasteiger partial charge is 0.122 e. The normalized spacial score (nSPS) is 11.4. The van der Waals surface area contributed by atoms with Crippen LogP contribution in [0.3, 0.4) is 0 Å². The van der Waals surface area contributed by atoms with Gasteiger partial charge in [0.25, 0.3) is 0 Å². The molecule has 0 radical (unpaired) electrons. The van der Waals surface area contributed by atoms with E-state index in [2.05, 4.69) is 11.1 Å². The molecule has 0 aliphatic rings. The van der Waals surface area contributed by atoms with Crippen molar-refractivity contribution in [2.45, 2.75) is 6.92 Å². The molecule has 1 aromatic rings. The minimum absolute atomic E-state index is 0.917. The minimum atomic E-state index is 0.917. The van der Waals surface area contributed by atoms with Crippen molar-refractivity contribution >= 4 is 12.3 Å². The first kappa shape index (κ1) is 10.5. The lowest BCUT2D eigenvalue weighted by atomic mass is 10.1. The number of allylic oxidation sites excluding steroid dienone is 1. The van der Waals surface area contributed by atoms with Crippen LogP contribution in [0.25, 0.3) is 6.08 Å². The van der Waals surface area contributed by atoms with Gasteiger partial charge >= 0.3 is 0 Å². The van der Waals surface area contributed by atoms with Crippen LogP contribution in [0.1, 0.15) is 11.1 Å². The lowest BCUT2D eigenvalue weighted by Crippen LogP contribution is -1.88. The van der Waals surface area contributed by atoms with Gasteiger partial charge in [0.1, 0.15) is 5.75 Å². The van der Waals surface area contributed by atoms with E-state index < -0.39 is 0 Å². The molecule has 0 N–H and O–H groups in total. The van der Waals surface area contributed by atoms with E-state index in [1.807, 2.05) is 31.2 Å². The highest BCUT2D eigenvalue weighted by atomic mass is 16.5. The molecule has 0 aliphatic heterocycles. The molecule has 1 aromatic carbocycles. The van der Waals surface area contributed by atoms with Crippen LogP contribution < -0.4 is 4.74 Å². The lowest BCUT2D eigenvalue weighted by Gasteiger charge is -2.06. The van der Waals surface area contributed by atoms with Crippen molar-refractivity contribution in [1.82, 2.24) is 0 Å². The molecule has 0 saturated carbocycles. The van der Waals surface area contributed by atoms with Crippen LogP contribution in [0.2, 0.25) is 0 Å². The molecule has 1 rings (SSSR count). The molecule has 0 bridgehead atoms. The van der Waals surface area contributed by atoms with E-state index in [1.165, 1.54) is 0 Å². The summed E-state index contributed by atoms with van der Waals surface area (Å²) in [6.07, 6.45) is 5.70. The van der Waals surface area contributed by atoms with Gasteiger partial charge < -0.3 is 4.74 Å². The van der Waals surface area contributed by atoms with Crippen molar-refractivity contribution in [2.24, 2.45) is 4.99 Å². The van der Waals surface area contributed by atoms with Crippen LogP contribution in [0.5, 0.6) is 5.75 Å². The Morgan fingerprint density at radius 2 is 2.14 bits per heavy atom. The molecule has 2 nitrogen and oxygen atoms in total. The first-order valence-electron chi connectivity index (χ1n) is 4.52. The molecular weight excluding hydrogens is 174 g/mol. The SMILES string of the molecule is C/N=C/C=C\c1cccc(OC)c1C. The Morgan fingerprint density at radius 1 is 1.36 bits per heavy atom. The van der Waals surface area contributed by atoms with Gasteiger partial charge in [-0.2, -0.15) is 0 Å². The second-order valence-electron chi connectivity index (χ2n) is 2.94. The molecule has 0 unspecified atom stereocenters. The van der Waals surface area contributed by atoms with Crippen molar-refractivity contribution in [1.29, 1.82) is 0 Å². The maximum Gasteiger partial charge on any atom is 0.122 e. The standard InChI is InChI=1S/C12H15NO/c1-10-11(7-5-9-13-2)6-4-8-12(10)14-3/h4-9H,1-3H3/b7-5-,13-9+. The molecule has 0 aliphatic carbocycles. The minimum Gasteiger partial charge on any atom is -0.496 e. The summed E-state index contributed by atoms with van der Waals surface area (Å²) >= 11 is 0.